The monoisotopic (exact) mass is 212 g/mol. The van der Waals surface area contributed by atoms with Gasteiger partial charge in [-0.2, -0.15) is 0 Å². The highest BCUT2D eigenvalue weighted by atomic mass is 35.5. The topological polar surface area (TPSA) is 53.4 Å². The average Bonchev–Trinajstić information content (AvgIpc) is 2.13. The molecule has 1 amide bonds. The minimum atomic E-state index is -0.394. The number of rotatable bonds is 1. The maximum absolute atomic E-state index is 11.7. The quantitative estimate of drug-likeness (QED) is 0.740. The van der Waals surface area contributed by atoms with E-state index in [-0.39, 0.29) is 5.91 Å². The molecule has 0 bridgehead atoms. The molecule has 0 atom stereocenters. The van der Waals surface area contributed by atoms with Gasteiger partial charge in [-0.1, -0.05) is 11.6 Å². The predicted molar refractivity (Wildman–Crippen MR) is 51.2 cm³/mol. The van der Waals surface area contributed by atoms with Crippen molar-refractivity contribution in [1.29, 1.82) is 0 Å². The predicted octanol–water partition coefficient (Wildman–Crippen LogP) is 0.552. The fourth-order valence-electron chi connectivity index (χ4n) is 1.33. The van der Waals surface area contributed by atoms with Crippen molar-refractivity contribution in [2.24, 2.45) is 0 Å². The summed E-state index contributed by atoms with van der Waals surface area (Å²) in [6, 6.07) is 1.57. The van der Waals surface area contributed by atoms with Crippen molar-refractivity contribution in [2.45, 2.75) is 6.10 Å². The molecule has 0 aliphatic carbocycles. The molecular weight excluding hydrogens is 204 g/mol. The Balaban J connectivity index is 2.16. The zero-order chi connectivity index (χ0) is 10.1. The first-order chi connectivity index (χ1) is 6.68. The molecule has 1 fully saturated rings. The van der Waals surface area contributed by atoms with Gasteiger partial charge in [0.2, 0.25) is 0 Å². The average molecular weight is 213 g/mol. The highest BCUT2D eigenvalue weighted by Crippen LogP contribution is 2.18. The minimum Gasteiger partial charge on any atom is -0.389 e. The Labute approximate surface area is 86.1 Å². The van der Waals surface area contributed by atoms with E-state index >= 15 is 0 Å². The van der Waals surface area contributed by atoms with Gasteiger partial charge in [0.1, 0.15) is 0 Å². The first kappa shape index (κ1) is 9.43. The lowest BCUT2D eigenvalue weighted by Gasteiger charge is -2.35. The largest absolute Gasteiger partial charge is 0.389 e. The number of carbonyl (C=O) groups excluding carboxylic acids is 1. The molecule has 5 heteroatoms. The SMILES string of the molecule is O=C(c1cnccc1Cl)N1CC(O)C1. The zero-order valence-corrected chi connectivity index (χ0v) is 8.11. The lowest BCUT2D eigenvalue weighted by atomic mass is 10.1. The molecule has 0 radical (unpaired) electrons. The zero-order valence-electron chi connectivity index (χ0n) is 7.35. The normalized spacial score (nSPS) is 16.6. The van der Waals surface area contributed by atoms with Gasteiger partial charge >= 0.3 is 0 Å². The van der Waals surface area contributed by atoms with Crippen molar-refractivity contribution >= 4 is 17.5 Å². The van der Waals surface area contributed by atoms with E-state index in [1.165, 1.54) is 17.3 Å². The van der Waals surface area contributed by atoms with Crippen LogP contribution in [0, 0.1) is 0 Å². The molecule has 0 aromatic carbocycles. The van der Waals surface area contributed by atoms with E-state index < -0.39 is 6.10 Å². The Morgan fingerprint density at radius 1 is 1.64 bits per heavy atom. The van der Waals surface area contributed by atoms with Gasteiger partial charge in [0.05, 0.1) is 16.7 Å². The van der Waals surface area contributed by atoms with Crippen LogP contribution in [0.2, 0.25) is 5.02 Å². The van der Waals surface area contributed by atoms with Crippen molar-refractivity contribution < 1.29 is 9.90 Å². The molecule has 1 N–H and O–H groups in total. The van der Waals surface area contributed by atoms with Crippen LogP contribution in [0.25, 0.3) is 0 Å². The minimum absolute atomic E-state index is 0.173. The maximum Gasteiger partial charge on any atom is 0.257 e. The lowest BCUT2D eigenvalue weighted by Crippen LogP contribution is -2.53. The summed E-state index contributed by atoms with van der Waals surface area (Å²) in [5.74, 6) is -0.173. The molecule has 14 heavy (non-hydrogen) atoms. The van der Waals surface area contributed by atoms with Crippen molar-refractivity contribution in [2.75, 3.05) is 13.1 Å². The number of β-amino-alcohol motifs (C(OH)–C–C–N with tert-alkyl or cyclic N) is 1. The number of aliphatic hydroxyl groups excluding tert-OH is 1. The van der Waals surface area contributed by atoms with Gasteiger partial charge < -0.3 is 10.0 Å². The molecule has 1 saturated heterocycles. The summed E-state index contributed by atoms with van der Waals surface area (Å²) in [4.78, 5) is 17.1. The number of likely N-dealkylation sites (tertiary alicyclic amines) is 1. The second kappa shape index (κ2) is 3.55. The Morgan fingerprint density at radius 2 is 2.36 bits per heavy atom. The number of carbonyl (C=O) groups is 1. The standard InChI is InChI=1S/C9H9ClN2O2/c10-8-1-2-11-3-7(8)9(14)12-4-6(13)5-12/h1-3,6,13H,4-5H2. The molecule has 1 aliphatic rings. The number of pyridine rings is 1. The van der Waals surface area contributed by atoms with Gasteiger partial charge in [0.25, 0.3) is 5.91 Å². The first-order valence-corrected chi connectivity index (χ1v) is 4.63. The van der Waals surface area contributed by atoms with Crippen LogP contribution in [-0.2, 0) is 0 Å². The van der Waals surface area contributed by atoms with Gasteiger partial charge in [-0.15, -0.1) is 0 Å². The third-order valence-corrected chi connectivity index (χ3v) is 2.48. The molecule has 2 rings (SSSR count). The summed E-state index contributed by atoms with van der Waals surface area (Å²) >= 11 is 5.83. The molecule has 0 unspecified atom stereocenters. The maximum atomic E-state index is 11.7. The van der Waals surface area contributed by atoms with Crippen LogP contribution in [0.5, 0.6) is 0 Å². The smallest absolute Gasteiger partial charge is 0.257 e. The fourth-order valence-corrected chi connectivity index (χ4v) is 1.51. The molecule has 1 aromatic rings. The summed E-state index contributed by atoms with van der Waals surface area (Å²) in [6.07, 6.45) is 2.58. The second-order valence-electron chi connectivity index (χ2n) is 3.22. The van der Waals surface area contributed by atoms with Crippen LogP contribution in [0.3, 0.4) is 0 Å². The highest BCUT2D eigenvalue weighted by molar-refractivity contribution is 6.33. The molecule has 1 aliphatic heterocycles. The van der Waals surface area contributed by atoms with E-state index in [9.17, 15) is 4.79 Å². The van der Waals surface area contributed by atoms with Crippen LogP contribution in [0.15, 0.2) is 18.5 Å². The number of halogens is 1. The molecule has 2 heterocycles. The first-order valence-electron chi connectivity index (χ1n) is 4.25. The fraction of sp³-hybridized carbons (Fsp3) is 0.333. The van der Waals surface area contributed by atoms with Crippen LogP contribution in [0.4, 0.5) is 0 Å². The third-order valence-electron chi connectivity index (χ3n) is 2.15. The Hall–Kier alpha value is -1.13. The van der Waals surface area contributed by atoms with E-state index in [1.807, 2.05) is 0 Å². The van der Waals surface area contributed by atoms with Crippen LogP contribution < -0.4 is 0 Å². The van der Waals surface area contributed by atoms with Crippen LogP contribution >= 0.6 is 11.6 Å². The second-order valence-corrected chi connectivity index (χ2v) is 3.63. The number of nitrogens with zero attached hydrogens (tertiary/aromatic N) is 2. The summed E-state index contributed by atoms with van der Waals surface area (Å²) in [6.45, 7) is 0.758. The van der Waals surface area contributed by atoms with E-state index in [4.69, 9.17) is 16.7 Å². The number of aromatic nitrogens is 1. The van der Waals surface area contributed by atoms with Gasteiger partial charge in [0.15, 0.2) is 0 Å². The Bertz CT molecular complexity index is 364. The molecule has 4 nitrogen and oxygen atoms in total. The third kappa shape index (κ3) is 1.58. The van der Waals surface area contributed by atoms with E-state index in [0.717, 1.165) is 0 Å². The summed E-state index contributed by atoms with van der Waals surface area (Å²) in [5.41, 5.74) is 0.390. The van der Waals surface area contributed by atoms with Gasteiger partial charge in [-0.3, -0.25) is 9.78 Å². The van der Waals surface area contributed by atoms with Crippen molar-refractivity contribution in [3.05, 3.63) is 29.0 Å². The Kier molecular flexibility index (Phi) is 2.39. The number of hydrogen-bond donors (Lipinski definition) is 1. The number of amides is 1. The van der Waals surface area contributed by atoms with Gasteiger partial charge in [-0.25, -0.2) is 0 Å². The van der Waals surface area contributed by atoms with Crippen molar-refractivity contribution in [3.63, 3.8) is 0 Å². The van der Waals surface area contributed by atoms with Crippen molar-refractivity contribution in [1.82, 2.24) is 9.88 Å². The van der Waals surface area contributed by atoms with Gasteiger partial charge in [0, 0.05) is 25.5 Å². The summed E-state index contributed by atoms with van der Waals surface area (Å²) in [5, 5.41) is 9.44. The van der Waals surface area contributed by atoms with E-state index in [2.05, 4.69) is 4.98 Å². The van der Waals surface area contributed by atoms with E-state index in [1.54, 1.807) is 6.07 Å². The van der Waals surface area contributed by atoms with Crippen LogP contribution in [0.1, 0.15) is 10.4 Å². The lowest BCUT2D eigenvalue weighted by molar-refractivity contribution is 0.00587. The number of hydrogen-bond acceptors (Lipinski definition) is 3. The number of aliphatic hydroxyl groups is 1. The molecular formula is C9H9ClN2O2. The molecule has 0 saturated carbocycles. The molecule has 1 aromatic heterocycles. The summed E-state index contributed by atoms with van der Waals surface area (Å²) in [7, 11) is 0. The Morgan fingerprint density at radius 3 is 2.93 bits per heavy atom. The van der Waals surface area contributed by atoms with Crippen molar-refractivity contribution in [3.8, 4) is 0 Å². The van der Waals surface area contributed by atoms with Gasteiger partial charge in [-0.05, 0) is 6.07 Å². The van der Waals surface area contributed by atoms with Crippen LogP contribution in [-0.4, -0.2) is 40.1 Å². The molecule has 74 valence electrons. The summed E-state index contributed by atoms with van der Waals surface area (Å²) < 4.78 is 0. The molecule has 0 spiro atoms. The van der Waals surface area contributed by atoms with E-state index in [0.29, 0.717) is 23.7 Å². The highest BCUT2D eigenvalue weighted by Gasteiger charge is 2.30.